The third-order valence-electron chi connectivity index (χ3n) is 2.69. The van der Waals surface area contributed by atoms with Crippen molar-refractivity contribution >= 4 is 0 Å². The first-order valence-electron chi connectivity index (χ1n) is 4.85. The van der Waals surface area contributed by atoms with Crippen LogP contribution in [0.2, 0.25) is 0 Å². The molecule has 2 rings (SSSR count). The van der Waals surface area contributed by atoms with Gasteiger partial charge >= 0.3 is 0 Å². The van der Waals surface area contributed by atoms with Crippen LogP contribution in [-0.4, -0.2) is 6.54 Å². The summed E-state index contributed by atoms with van der Waals surface area (Å²) in [6.07, 6.45) is 0.919. The predicted molar refractivity (Wildman–Crippen MR) is 50.9 cm³/mol. The summed E-state index contributed by atoms with van der Waals surface area (Å²) in [7, 11) is 0. The molecule has 0 spiro atoms. The molecule has 0 radical (unpaired) electrons. The number of nitrogens with one attached hydrogen (secondary N) is 1. The van der Waals surface area contributed by atoms with E-state index < -0.39 is 11.6 Å². The summed E-state index contributed by atoms with van der Waals surface area (Å²) in [5, 5.41) is 3.22. The summed E-state index contributed by atoms with van der Waals surface area (Å²) >= 11 is 0. The predicted octanol–water partition coefficient (Wildman–Crippen LogP) is 2.64. The van der Waals surface area contributed by atoms with E-state index in [-0.39, 0.29) is 6.04 Å². The van der Waals surface area contributed by atoms with Crippen molar-refractivity contribution in [3.8, 4) is 0 Å². The number of rotatable bonds is 1. The summed E-state index contributed by atoms with van der Waals surface area (Å²) in [5.74, 6) is -0.404. The molecule has 0 unspecified atom stereocenters. The second-order valence-corrected chi connectivity index (χ2v) is 3.97. The van der Waals surface area contributed by atoms with Crippen LogP contribution in [0.15, 0.2) is 18.2 Å². The molecular weight excluding hydrogens is 184 g/mol. The van der Waals surface area contributed by atoms with Crippen LogP contribution in [0.3, 0.4) is 0 Å². The molecule has 1 N–H and O–H groups in total. The molecule has 76 valence electrons. The van der Waals surface area contributed by atoms with E-state index in [0.29, 0.717) is 11.5 Å². The lowest BCUT2D eigenvalue weighted by Crippen LogP contribution is -2.14. The fraction of sp³-hybridized carbons (Fsp3) is 0.455. The smallest absolute Gasteiger partial charge is 0.130 e. The molecule has 2 atom stereocenters. The van der Waals surface area contributed by atoms with Crippen molar-refractivity contribution in [2.75, 3.05) is 6.54 Å². The highest BCUT2D eigenvalue weighted by Crippen LogP contribution is 2.28. The monoisotopic (exact) mass is 197 g/mol. The Balaban J connectivity index is 2.24. The maximum Gasteiger partial charge on any atom is 0.130 e. The van der Waals surface area contributed by atoms with Crippen LogP contribution >= 0.6 is 0 Å². The summed E-state index contributed by atoms with van der Waals surface area (Å²) in [5.41, 5.74) is 0.579. The van der Waals surface area contributed by atoms with Gasteiger partial charge in [-0.2, -0.15) is 0 Å². The molecule has 1 aliphatic rings. The Morgan fingerprint density at radius 2 is 2.14 bits per heavy atom. The molecule has 0 amide bonds. The molecule has 1 aromatic rings. The molecule has 1 fully saturated rings. The van der Waals surface area contributed by atoms with E-state index in [0.717, 1.165) is 19.0 Å². The minimum absolute atomic E-state index is 0.0469. The quantitative estimate of drug-likeness (QED) is 0.729. The molecule has 1 heterocycles. The largest absolute Gasteiger partial charge is 0.310 e. The van der Waals surface area contributed by atoms with E-state index in [1.807, 2.05) is 0 Å². The van der Waals surface area contributed by atoms with Crippen molar-refractivity contribution in [2.24, 2.45) is 5.92 Å². The van der Waals surface area contributed by atoms with Gasteiger partial charge in [-0.25, -0.2) is 8.78 Å². The van der Waals surface area contributed by atoms with Gasteiger partial charge < -0.3 is 5.32 Å². The Bertz CT molecular complexity index is 338. The zero-order chi connectivity index (χ0) is 10.1. The summed E-state index contributed by atoms with van der Waals surface area (Å²) in [6.45, 7) is 3.02. The van der Waals surface area contributed by atoms with E-state index in [4.69, 9.17) is 0 Å². The summed E-state index contributed by atoms with van der Waals surface area (Å²) < 4.78 is 26.0. The van der Waals surface area contributed by atoms with Crippen molar-refractivity contribution < 1.29 is 8.78 Å². The molecule has 0 saturated carbocycles. The molecule has 1 aliphatic heterocycles. The first-order chi connectivity index (χ1) is 6.66. The van der Waals surface area contributed by atoms with Gasteiger partial charge in [0.1, 0.15) is 11.6 Å². The van der Waals surface area contributed by atoms with E-state index in [9.17, 15) is 8.78 Å². The van der Waals surface area contributed by atoms with Crippen molar-refractivity contribution in [2.45, 2.75) is 19.4 Å². The van der Waals surface area contributed by atoms with Crippen molar-refractivity contribution in [3.63, 3.8) is 0 Å². The van der Waals surface area contributed by atoms with Gasteiger partial charge in [0.2, 0.25) is 0 Å². The van der Waals surface area contributed by atoms with Crippen LogP contribution in [0.5, 0.6) is 0 Å². The number of hydrogen-bond acceptors (Lipinski definition) is 1. The van der Waals surface area contributed by atoms with Gasteiger partial charge in [0, 0.05) is 17.7 Å². The highest BCUT2D eigenvalue weighted by atomic mass is 19.1. The number of benzene rings is 1. The Labute approximate surface area is 82.1 Å². The van der Waals surface area contributed by atoms with E-state index in [1.54, 1.807) is 0 Å². The van der Waals surface area contributed by atoms with Gasteiger partial charge in [-0.15, -0.1) is 0 Å². The van der Waals surface area contributed by atoms with Crippen LogP contribution in [0.1, 0.15) is 24.9 Å². The van der Waals surface area contributed by atoms with Crippen LogP contribution in [0.4, 0.5) is 8.78 Å². The topological polar surface area (TPSA) is 12.0 Å². The molecule has 3 heteroatoms. The fourth-order valence-corrected chi connectivity index (χ4v) is 1.93. The standard InChI is InChI=1S/C11H13F2N/c1-7-4-11(14-6-7)9-3-2-8(12)5-10(9)13/h2-3,5,7,11,14H,4,6H2,1H3/t7-,11-/m1/s1. The highest BCUT2D eigenvalue weighted by molar-refractivity contribution is 5.23. The summed E-state index contributed by atoms with van der Waals surface area (Å²) in [6, 6.07) is 3.83. The average molecular weight is 197 g/mol. The second-order valence-electron chi connectivity index (χ2n) is 3.97. The van der Waals surface area contributed by atoms with E-state index in [2.05, 4.69) is 12.2 Å². The van der Waals surface area contributed by atoms with Gasteiger partial charge in [0.25, 0.3) is 0 Å². The van der Waals surface area contributed by atoms with Crippen LogP contribution < -0.4 is 5.32 Å². The van der Waals surface area contributed by atoms with Crippen molar-refractivity contribution in [3.05, 3.63) is 35.4 Å². The van der Waals surface area contributed by atoms with Crippen molar-refractivity contribution in [1.29, 1.82) is 0 Å². The van der Waals surface area contributed by atoms with Gasteiger partial charge in [-0.05, 0) is 24.9 Å². The SMILES string of the molecule is C[C@H]1CN[C@@H](c2ccc(F)cc2F)C1. The van der Waals surface area contributed by atoms with E-state index in [1.165, 1.54) is 12.1 Å². The molecule has 0 aromatic heterocycles. The molecule has 1 aromatic carbocycles. The molecule has 0 bridgehead atoms. The maximum absolute atomic E-state index is 13.3. The molecular formula is C11H13F2N. The second kappa shape index (κ2) is 3.65. The highest BCUT2D eigenvalue weighted by Gasteiger charge is 2.24. The Morgan fingerprint density at radius 3 is 2.71 bits per heavy atom. The Hall–Kier alpha value is -0.960. The molecule has 14 heavy (non-hydrogen) atoms. The van der Waals surface area contributed by atoms with Crippen LogP contribution in [0, 0.1) is 17.6 Å². The third-order valence-corrected chi connectivity index (χ3v) is 2.69. The maximum atomic E-state index is 13.3. The Morgan fingerprint density at radius 1 is 1.36 bits per heavy atom. The number of hydrogen-bond donors (Lipinski definition) is 1. The normalized spacial score (nSPS) is 26.8. The van der Waals surface area contributed by atoms with Gasteiger partial charge in [0.05, 0.1) is 0 Å². The first kappa shape index (κ1) is 9.59. The molecule has 0 aliphatic carbocycles. The minimum Gasteiger partial charge on any atom is -0.310 e. The zero-order valence-corrected chi connectivity index (χ0v) is 8.06. The Kier molecular flexibility index (Phi) is 2.50. The fourth-order valence-electron chi connectivity index (χ4n) is 1.93. The van der Waals surface area contributed by atoms with Gasteiger partial charge in [-0.1, -0.05) is 13.0 Å². The first-order valence-corrected chi connectivity index (χ1v) is 4.85. The van der Waals surface area contributed by atoms with Gasteiger partial charge in [-0.3, -0.25) is 0 Å². The minimum atomic E-state index is -0.516. The number of halogens is 2. The summed E-state index contributed by atoms with van der Waals surface area (Å²) in [4.78, 5) is 0. The molecule has 1 saturated heterocycles. The lowest BCUT2D eigenvalue weighted by Gasteiger charge is -2.11. The molecule has 1 nitrogen and oxygen atoms in total. The zero-order valence-electron chi connectivity index (χ0n) is 8.06. The van der Waals surface area contributed by atoms with E-state index >= 15 is 0 Å². The van der Waals surface area contributed by atoms with Crippen molar-refractivity contribution in [1.82, 2.24) is 5.32 Å². The lowest BCUT2D eigenvalue weighted by molar-refractivity contribution is 0.534. The van der Waals surface area contributed by atoms with Gasteiger partial charge in [0.15, 0.2) is 0 Å². The van der Waals surface area contributed by atoms with Crippen LogP contribution in [-0.2, 0) is 0 Å². The lowest BCUT2D eigenvalue weighted by atomic mass is 10.0. The van der Waals surface area contributed by atoms with Crippen LogP contribution in [0.25, 0.3) is 0 Å². The average Bonchev–Trinajstić information content (AvgIpc) is 2.51. The third kappa shape index (κ3) is 1.77.